The minimum atomic E-state index is 0.544. The van der Waals surface area contributed by atoms with Crippen molar-refractivity contribution in [3.05, 3.63) is 0 Å². The van der Waals surface area contributed by atoms with Crippen LogP contribution in [0.25, 0.3) is 0 Å². The lowest BCUT2D eigenvalue weighted by molar-refractivity contribution is 0.0400. The molecule has 0 aliphatic heterocycles. The molecule has 0 aromatic rings. The third-order valence-corrected chi connectivity index (χ3v) is 8.53. The molecule has 2 aliphatic rings. The zero-order valence-electron chi connectivity index (χ0n) is 23.3. The van der Waals surface area contributed by atoms with Crippen molar-refractivity contribution >= 4 is 0 Å². The summed E-state index contributed by atoms with van der Waals surface area (Å²) in [4.78, 5) is 0. The fourth-order valence-electron chi connectivity index (χ4n) is 6.15. The second kappa shape index (κ2) is 22.1. The molecule has 2 atom stereocenters. The number of rotatable bonds is 24. The van der Waals surface area contributed by atoms with Crippen molar-refractivity contribution < 1.29 is 9.47 Å². The van der Waals surface area contributed by atoms with Gasteiger partial charge in [0.25, 0.3) is 0 Å². The summed E-state index contributed by atoms with van der Waals surface area (Å²) in [6.45, 7) is 4.28. The van der Waals surface area contributed by atoms with Crippen LogP contribution in [0.2, 0.25) is 0 Å². The van der Waals surface area contributed by atoms with Crippen molar-refractivity contribution in [2.75, 3.05) is 13.2 Å². The SMILES string of the molecule is CCCCCCCCCCCCCCCCCCCCOC1CCC(CCOC2CCCC2)C1. The van der Waals surface area contributed by atoms with Gasteiger partial charge in [0, 0.05) is 13.2 Å². The van der Waals surface area contributed by atoms with Crippen LogP contribution in [0.1, 0.15) is 174 Å². The minimum absolute atomic E-state index is 0.544. The molecular formula is C32H62O2. The molecule has 0 saturated heterocycles. The van der Waals surface area contributed by atoms with E-state index in [0.717, 1.165) is 19.1 Å². The van der Waals surface area contributed by atoms with Gasteiger partial charge in [-0.15, -0.1) is 0 Å². The van der Waals surface area contributed by atoms with Gasteiger partial charge in [-0.2, -0.15) is 0 Å². The predicted octanol–water partition coefficient (Wildman–Crippen LogP) is 10.6. The Bertz CT molecular complexity index is 417. The molecule has 0 N–H and O–H groups in total. The van der Waals surface area contributed by atoms with E-state index in [0.29, 0.717) is 12.2 Å². The van der Waals surface area contributed by atoms with E-state index in [9.17, 15) is 0 Å². The Morgan fingerprint density at radius 1 is 0.471 bits per heavy atom. The van der Waals surface area contributed by atoms with E-state index in [1.54, 1.807) is 0 Å². The van der Waals surface area contributed by atoms with Crippen molar-refractivity contribution in [2.45, 2.75) is 186 Å². The normalized spacial score (nSPS) is 21.1. The molecular weight excluding hydrogens is 416 g/mol. The molecule has 0 aromatic heterocycles. The van der Waals surface area contributed by atoms with Gasteiger partial charge in [0.2, 0.25) is 0 Å². The zero-order valence-corrected chi connectivity index (χ0v) is 23.3. The molecule has 2 heteroatoms. The van der Waals surface area contributed by atoms with Crippen molar-refractivity contribution in [1.29, 1.82) is 0 Å². The summed E-state index contributed by atoms with van der Waals surface area (Å²) in [7, 11) is 0. The predicted molar refractivity (Wildman–Crippen MR) is 149 cm³/mol. The molecule has 202 valence electrons. The average Bonchev–Trinajstić information content (AvgIpc) is 3.53. The second-order valence-electron chi connectivity index (χ2n) is 11.7. The summed E-state index contributed by atoms with van der Waals surface area (Å²) in [5.74, 6) is 0.853. The Labute approximate surface area is 214 Å². The molecule has 2 rings (SSSR count). The van der Waals surface area contributed by atoms with Gasteiger partial charge in [-0.05, 0) is 50.9 Å². The molecule has 2 saturated carbocycles. The van der Waals surface area contributed by atoms with Crippen LogP contribution in [0, 0.1) is 5.92 Å². The lowest BCUT2D eigenvalue weighted by Gasteiger charge is -2.15. The Kier molecular flexibility index (Phi) is 19.6. The maximum atomic E-state index is 6.20. The van der Waals surface area contributed by atoms with Gasteiger partial charge in [0.05, 0.1) is 12.2 Å². The van der Waals surface area contributed by atoms with Crippen molar-refractivity contribution in [3.63, 3.8) is 0 Å². The first-order valence-electron chi connectivity index (χ1n) is 16.1. The lowest BCUT2D eigenvalue weighted by Crippen LogP contribution is -2.12. The van der Waals surface area contributed by atoms with E-state index in [-0.39, 0.29) is 0 Å². The quantitative estimate of drug-likeness (QED) is 0.128. The monoisotopic (exact) mass is 478 g/mol. The summed E-state index contributed by atoms with van der Waals surface area (Å²) < 4.78 is 12.3. The maximum absolute atomic E-state index is 6.20. The molecule has 0 radical (unpaired) electrons. The van der Waals surface area contributed by atoms with E-state index >= 15 is 0 Å². The summed E-state index contributed by atoms with van der Waals surface area (Å²) in [5, 5.41) is 0. The second-order valence-corrected chi connectivity index (χ2v) is 11.7. The van der Waals surface area contributed by atoms with Crippen molar-refractivity contribution in [3.8, 4) is 0 Å². The van der Waals surface area contributed by atoms with Crippen molar-refractivity contribution in [2.24, 2.45) is 5.92 Å². The largest absolute Gasteiger partial charge is 0.378 e. The highest BCUT2D eigenvalue weighted by molar-refractivity contribution is 4.76. The molecule has 0 bridgehead atoms. The van der Waals surface area contributed by atoms with Gasteiger partial charge in [0.1, 0.15) is 0 Å². The molecule has 34 heavy (non-hydrogen) atoms. The maximum Gasteiger partial charge on any atom is 0.0577 e. The van der Waals surface area contributed by atoms with Gasteiger partial charge in [-0.1, -0.05) is 129 Å². The van der Waals surface area contributed by atoms with Crippen LogP contribution < -0.4 is 0 Å². The minimum Gasteiger partial charge on any atom is -0.378 e. The van der Waals surface area contributed by atoms with Crippen LogP contribution in [0.3, 0.4) is 0 Å². The van der Waals surface area contributed by atoms with E-state index in [1.165, 1.54) is 167 Å². The summed E-state index contributed by atoms with van der Waals surface area (Å²) in [6, 6.07) is 0. The Morgan fingerprint density at radius 2 is 0.941 bits per heavy atom. The Hall–Kier alpha value is -0.0800. The van der Waals surface area contributed by atoms with Gasteiger partial charge in [-0.3, -0.25) is 0 Å². The van der Waals surface area contributed by atoms with E-state index in [2.05, 4.69) is 6.92 Å². The lowest BCUT2D eigenvalue weighted by atomic mass is 10.0. The zero-order chi connectivity index (χ0) is 23.9. The molecule has 0 spiro atoms. The number of unbranched alkanes of at least 4 members (excludes halogenated alkanes) is 17. The average molecular weight is 479 g/mol. The highest BCUT2D eigenvalue weighted by atomic mass is 16.5. The molecule has 2 unspecified atom stereocenters. The Morgan fingerprint density at radius 3 is 1.47 bits per heavy atom. The first-order chi connectivity index (χ1) is 16.9. The molecule has 2 fully saturated rings. The van der Waals surface area contributed by atoms with E-state index in [4.69, 9.17) is 9.47 Å². The van der Waals surface area contributed by atoms with Crippen LogP contribution in [-0.4, -0.2) is 25.4 Å². The van der Waals surface area contributed by atoms with Crippen LogP contribution >= 0.6 is 0 Å². The van der Waals surface area contributed by atoms with E-state index < -0.39 is 0 Å². The van der Waals surface area contributed by atoms with Crippen LogP contribution in [0.15, 0.2) is 0 Å². The number of hydrogen-bond donors (Lipinski definition) is 0. The molecule has 0 heterocycles. The van der Waals surface area contributed by atoms with Gasteiger partial charge >= 0.3 is 0 Å². The topological polar surface area (TPSA) is 18.5 Å². The summed E-state index contributed by atoms with van der Waals surface area (Å²) in [6.07, 6.45) is 37.6. The first-order valence-corrected chi connectivity index (χ1v) is 16.1. The number of hydrogen-bond acceptors (Lipinski definition) is 2. The van der Waals surface area contributed by atoms with Crippen LogP contribution in [0.5, 0.6) is 0 Å². The molecule has 2 aliphatic carbocycles. The highest BCUT2D eigenvalue weighted by Gasteiger charge is 2.25. The molecule has 0 aromatic carbocycles. The van der Waals surface area contributed by atoms with Crippen LogP contribution in [0.4, 0.5) is 0 Å². The molecule has 0 amide bonds. The molecule has 2 nitrogen and oxygen atoms in total. The van der Waals surface area contributed by atoms with Gasteiger partial charge in [-0.25, -0.2) is 0 Å². The standard InChI is InChI=1S/C32H62O2/c1-2-3-4-5-6-7-8-9-10-11-12-13-14-15-16-17-18-21-27-33-32-25-24-30(29-32)26-28-34-31-22-19-20-23-31/h30-32H,2-29H2,1H3. The third kappa shape index (κ3) is 16.6. The summed E-state index contributed by atoms with van der Waals surface area (Å²) >= 11 is 0. The highest BCUT2D eigenvalue weighted by Crippen LogP contribution is 2.31. The summed E-state index contributed by atoms with van der Waals surface area (Å²) in [5.41, 5.74) is 0. The fraction of sp³-hybridized carbons (Fsp3) is 1.00. The van der Waals surface area contributed by atoms with Crippen molar-refractivity contribution in [1.82, 2.24) is 0 Å². The third-order valence-electron chi connectivity index (χ3n) is 8.53. The Balaban J connectivity index is 1.22. The van der Waals surface area contributed by atoms with E-state index in [1.807, 2.05) is 0 Å². The first kappa shape index (κ1) is 30.1. The smallest absolute Gasteiger partial charge is 0.0577 e. The number of ether oxygens (including phenoxy) is 2. The fourth-order valence-corrected chi connectivity index (χ4v) is 6.15. The van der Waals surface area contributed by atoms with Gasteiger partial charge in [0.15, 0.2) is 0 Å². The van der Waals surface area contributed by atoms with Crippen LogP contribution in [-0.2, 0) is 9.47 Å². The van der Waals surface area contributed by atoms with Gasteiger partial charge < -0.3 is 9.47 Å².